The maximum atomic E-state index is 12.5. The molecule has 1 heterocycles. The molecule has 1 aliphatic heterocycles. The Bertz CT molecular complexity index is 968. The number of rotatable bonds is 2. The second kappa shape index (κ2) is 7.75. The molecule has 0 radical (unpaired) electrons. The first-order valence-electron chi connectivity index (χ1n) is 8.50. The molecule has 1 aliphatic rings. The van der Waals surface area contributed by atoms with Crippen molar-refractivity contribution in [3.05, 3.63) is 75.3 Å². The number of anilines is 1. The van der Waals surface area contributed by atoms with Gasteiger partial charge in [0, 0.05) is 23.3 Å². The van der Waals surface area contributed by atoms with Crippen LogP contribution in [0.3, 0.4) is 0 Å². The van der Waals surface area contributed by atoms with E-state index in [2.05, 4.69) is 11.8 Å². The molecule has 1 unspecified atom stereocenters. The summed E-state index contributed by atoms with van der Waals surface area (Å²) in [5, 5.41) is 11.0. The van der Waals surface area contributed by atoms with Crippen molar-refractivity contribution < 1.29 is 14.5 Å². The van der Waals surface area contributed by atoms with Crippen molar-refractivity contribution in [2.45, 2.75) is 19.9 Å². The zero-order valence-electron chi connectivity index (χ0n) is 15.0. The van der Waals surface area contributed by atoms with Gasteiger partial charge in [-0.1, -0.05) is 35.6 Å². The van der Waals surface area contributed by atoms with Crippen LogP contribution in [-0.4, -0.2) is 23.7 Å². The molecule has 0 N–H and O–H groups in total. The molecule has 0 saturated carbocycles. The van der Waals surface area contributed by atoms with Gasteiger partial charge in [-0.25, -0.2) is 4.79 Å². The Balaban J connectivity index is 1.99. The molecule has 0 aliphatic carbocycles. The largest absolute Gasteiger partial charge is 0.449 e. The first kappa shape index (κ1) is 18.2. The van der Waals surface area contributed by atoms with Gasteiger partial charge in [-0.3, -0.25) is 15.0 Å². The maximum absolute atomic E-state index is 12.5. The predicted octanol–water partition coefficient (Wildman–Crippen LogP) is 4.31. The number of carbonyl (C=O) groups excluding carboxylic acids is 1. The quantitative estimate of drug-likeness (QED) is 0.453. The van der Waals surface area contributed by atoms with Crippen molar-refractivity contribution in [2.75, 3.05) is 11.5 Å². The van der Waals surface area contributed by atoms with E-state index in [1.54, 1.807) is 25.1 Å². The minimum atomic E-state index is -0.542. The normalized spacial score (nSPS) is 14.7. The summed E-state index contributed by atoms with van der Waals surface area (Å²) >= 11 is 0. The summed E-state index contributed by atoms with van der Waals surface area (Å²) in [6.07, 6.45) is 2.94. The summed E-state index contributed by atoms with van der Waals surface area (Å²) in [5.41, 5.74) is 3.05. The van der Waals surface area contributed by atoms with Crippen LogP contribution in [0.15, 0.2) is 48.5 Å². The zero-order valence-corrected chi connectivity index (χ0v) is 15.0. The highest BCUT2D eigenvalue weighted by Gasteiger charge is 2.29. The molecule has 0 spiro atoms. The lowest BCUT2D eigenvalue weighted by Crippen LogP contribution is -2.41. The molecule has 6 heteroatoms. The van der Waals surface area contributed by atoms with E-state index in [-0.39, 0.29) is 12.3 Å². The van der Waals surface area contributed by atoms with Gasteiger partial charge in [0.2, 0.25) is 0 Å². The summed E-state index contributed by atoms with van der Waals surface area (Å²) in [7, 11) is 0. The van der Waals surface area contributed by atoms with Crippen LogP contribution in [0.5, 0.6) is 0 Å². The average molecular weight is 362 g/mol. The molecule has 0 saturated heterocycles. The van der Waals surface area contributed by atoms with Gasteiger partial charge in [0.15, 0.2) is 0 Å². The van der Waals surface area contributed by atoms with Crippen LogP contribution >= 0.6 is 0 Å². The average Bonchev–Trinajstić information content (AvgIpc) is 2.66. The van der Waals surface area contributed by atoms with Crippen LogP contribution in [0.2, 0.25) is 0 Å². The Morgan fingerprint density at radius 1 is 1.26 bits per heavy atom. The Kier molecular flexibility index (Phi) is 5.23. The first-order chi connectivity index (χ1) is 13.0. The fourth-order valence-electron chi connectivity index (χ4n) is 2.75. The van der Waals surface area contributed by atoms with Crippen molar-refractivity contribution in [1.82, 2.24) is 0 Å². The number of nitro groups is 1. The van der Waals surface area contributed by atoms with E-state index in [1.165, 1.54) is 17.0 Å². The van der Waals surface area contributed by atoms with Gasteiger partial charge < -0.3 is 4.74 Å². The smallest absolute Gasteiger partial charge is 0.415 e. The number of hydrogen-bond acceptors (Lipinski definition) is 4. The van der Waals surface area contributed by atoms with Crippen LogP contribution in [0.1, 0.15) is 23.6 Å². The lowest BCUT2D eigenvalue weighted by Gasteiger charge is -2.30. The molecular weight excluding hydrogens is 344 g/mol. The molecule has 3 rings (SSSR count). The lowest BCUT2D eigenvalue weighted by atomic mass is 10.0. The SMILES string of the molecule is CCOC(=O)N1c2ccc([N+](=O)[O-])cc2C=CC1C#Cc1ccc(C)cc1. The van der Waals surface area contributed by atoms with E-state index in [4.69, 9.17) is 4.74 Å². The van der Waals surface area contributed by atoms with Gasteiger partial charge in [-0.2, -0.15) is 0 Å². The van der Waals surface area contributed by atoms with Crippen molar-refractivity contribution >= 4 is 23.5 Å². The van der Waals surface area contributed by atoms with Gasteiger partial charge >= 0.3 is 6.09 Å². The zero-order chi connectivity index (χ0) is 19.4. The van der Waals surface area contributed by atoms with E-state index in [0.717, 1.165) is 11.1 Å². The summed E-state index contributed by atoms with van der Waals surface area (Å²) < 4.78 is 5.17. The molecule has 1 atom stereocenters. The standard InChI is InChI=1S/C21H18N2O4/c1-3-27-21(24)22-18(10-8-16-6-4-15(2)5-7-16)11-9-17-14-19(23(25)26)12-13-20(17)22/h4-7,9,11-14,18H,3H2,1-2H3. The van der Waals surface area contributed by atoms with Gasteiger partial charge in [-0.05, 0) is 38.1 Å². The highest BCUT2D eigenvalue weighted by atomic mass is 16.6. The molecular formula is C21H18N2O4. The van der Waals surface area contributed by atoms with E-state index in [9.17, 15) is 14.9 Å². The van der Waals surface area contributed by atoms with Gasteiger partial charge in [-0.15, -0.1) is 0 Å². The topological polar surface area (TPSA) is 72.7 Å². The number of non-ortho nitro benzene ring substituents is 1. The third-order valence-electron chi connectivity index (χ3n) is 4.10. The number of amides is 1. The van der Waals surface area contributed by atoms with Crippen LogP contribution in [0, 0.1) is 28.9 Å². The van der Waals surface area contributed by atoms with Crippen LogP contribution in [0.4, 0.5) is 16.2 Å². The summed E-state index contributed by atoms with van der Waals surface area (Å²) in [5.74, 6) is 6.15. The fourth-order valence-corrected chi connectivity index (χ4v) is 2.75. The van der Waals surface area contributed by atoms with E-state index < -0.39 is 17.1 Å². The van der Waals surface area contributed by atoms with Crippen molar-refractivity contribution in [3.8, 4) is 11.8 Å². The van der Waals surface area contributed by atoms with Crippen molar-refractivity contribution in [1.29, 1.82) is 0 Å². The van der Waals surface area contributed by atoms with Crippen molar-refractivity contribution in [3.63, 3.8) is 0 Å². The lowest BCUT2D eigenvalue weighted by molar-refractivity contribution is -0.384. The molecule has 1 amide bonds. The Morgan fingerprint density at radius 2 is 2.00 bits per heavy atom. The third-order valence-corrected chi connectivity index (χ3v) is 4.10. The minimum absolute atomic E-state index is 0.0357. The fraction of sp³-hybridized carbons (Fsp3) is 0.190. The molecule has 0 aromatic heterocycles. The molecule has 2 aromatic rings. The number of nitro benzene ring substituents is 1. The molecule has 0 bridgehead atoms. The minimum Gasteiger partial charge on any atom is -0.449 e. The Labute approximate surface area is 157 Å². The third kappa shape index (κ3) is 3.98. The second-order valence-corrected chi connectivity index (χ2v) is 6.01. The summed E-state index contributed by atoms with van der Waals surface area (Å²) in [6, 6.07) is 11.6. The van der Waals surface area contributed by atoms with Crippen molar-refractivity contribution in [2.24, 2.45) is 0 Å². The number of aryl methyl sites for hydroxylation is 1. The number of ether oxygens (including phenoxy) is 1. The molecule has 136 valence electrons. The van der Waals surface area contributed by atoms with E-state index in [0.29, 0.717) is 11.3 Å². The predicted molar refractivity (Wildman–Crippen MR) is 103 cm³/mol. The molecule has 6 nitrogen and oxygen atoms in total. The summed E-state index contributed by atoms with van der Waals surface area (Å²) in [6.45, 7) is 3.95. The number of hydrogen-bond donors (Lipinski definition) is 0. The highest BCUT2D eigenvalue weighted by molar-refractivity contribution is 5.95. The molecule has 27 heavy (non-hydrogen) atoms. The van der Waals surface area contributed by atoms with Crippen LogP contribution in [0.25, 0.3) is 6.08 Å². The molecule has 2 aromatic carbocycles. The van der Waals surface area contributed by atoms with Gasteiger partial charge in [0.05, 0.1) is 17.2 Å². The number of fused-ring (bicyclic) bond motifs is 1. The monoisotopic (exact) mass is 362 g/mol. The second-order valence-electron chi connectivity index (χ2n) is 6.01. The van der Waals surface area contributed by atoms with Gasteiger partial charge in [0.25, 0.3) is 5.69 Å². The number of carbonyl (C=O) groups is 1. The Hall–Kier alpha value is -3.59. The highest BCUT2D eigenvalue weighted by Crippen LogP contribution is 2.32. The van der Waals surface area contributed by atoms with E-state index >= 15 is 0 Å². The number of nitrogens with zero attached hydrogens (tertiary/aromatic N) is 2. The Morgan fingerprint density at radius 3 is 2.67 bits per heavy atom. The van der Waals surface area contributed by atoms with Gasteiger partial charge in [0.1, 0.15) is 6.04 Å². The maximum Gasteiger partial charge on any atom is 0.415 e. The van der Waals surface area contributed by atoms with E-state index in [1.807, 2.05) is 31.2 Å². The number of benzene rings is 2. The van der Waals surface area contributed by atoms with Crippen LogP contribution in [-0.2, 0) is 4.74 Å². The summed E-state index contributed by atoms with van der Waals surface area (Å²) in [4.78, 5) is 24.5. The first-order valence-corrected chi connectivity index (χ1v) is 8.50. The van der Waals surface area contributed by atoms with Crippen LogP contribution < -0.4 is 4.90 Å². The molecule has 0 fully saturated rings.